The average molecular weight is 447 g/mol. The number of anilines is 1. The molecule has 8 heteroatoms. The van der Waals surface area contributed by atoms with Crippen LogP contribution in [0.15, 0.2) is 59.8 Å². The number of carbonyl (C=O) groups excluding carboxylic acids is 1. The van der Waals surface area contributed by atoms with Crippen molar-refractivity contribution >= 4 is 23.4 Å². The minimum absolute atomic E-state index is 0.0266. The summed E-state index contributed by atoms with van der Waals surface area (Å²) in [4.78, 5) is 14.8. The summed E-state index contributed by atoms with van der Waals surface area (Å²) in [5.41, 5.74) is 2.97. The fourth-order valence-electron chi connectivity index (χ4n) is 3.84. The van der Waals surface area contributed by atoms with Gasteiger partial charge in [0.05, 0.1) is 23.9 Å². The third-order valence-corrected chi connectivity index (χ3v) is 6.61. The standard InChI is InChI=1S/C24H26N6OS/c1-18-27-28-24(30(18)16-20-5-3-2-4-6-20)32-17-23(31)26-21-11-13-29(14-12-21)22-9-7-19(15-25)8-10-22/h2-10,21H,11-14,16-17H2,1H3,(H,26,31). The molecule has 0 bridgehead atoms. The summed E-state index contributed by atoms with van der Waals surface area (Å²) in [6.07, 6.45) is 1.80. The molecule has 0 saturated carbocycles. The van der Waals surface area contributed by atoms with E-state index in [1.54, 1.807) is 0 Å². The fourth-order valence-corrected chi connectivity index (χ4v) is 4.64. The van der Waals surface area contributed by atoms with Crippen LogP contribution in [-0.2, 0) is 11.3 Å². The Morgan fingerprint density at radius 3 is 2.53 bits per heavy atom. The SMILES string of the molecule is Cc1nnc(SCC(=O)NC2CCN(c3ccc(C#N)cc3)CC2)n1Cc1ccccc1. The molecule has 1 aliphatic rings. The average Bonchev–Trinajstić information content (AvgIpc) is 3.18. The van der Waals surface area contributed by atoms with Crippen molar-refractivity contribution in [2.24, 2.45) is 0 Å². The normalized spacial score (nSPS) is 14.2. The van der Waals surface area contributed by atoms with Crippen LogP contribution < -0.4 is 10.2 Å². The van der Waals surface area contributed by atoms with E-state index in [-0.39, 0.29) is 11.9 Å². The monoisotopic (exact) mass is 446 g/mol. The molecule has 0 atom stereocenters. The van der Waals surface area contributed by atoms with Gasteiger partial charge in [-0.15, -0.1) is 10.2 Å². The van der Waals surface area contributed by atoms with Gasteiger partial charge in [-0.1, -0.05) is 42.1 Å². The van der Waals surface area contributed by atoms with E-state index < -0.39 is 0 Å². The molecule has 1 N–H and O–H groups in total. The lowest BCUT2D eigenvalue weighted by Crippen LogP contribution is -2.45. The molecule has 0 aliphatic carbocycles. The van der Waals surface area contributed by atoms with Crippen molar-refractivity contribution in [1.82, 2.24) is 20.1 Å². The van der Waals surface area contributed by atoms with Crippen molar-refractivity contribution < 1.29 is 4.79 Å². The third kappa shape index (κ3) is 5.48. The number of nitriles is 1. The van der Waals surface area contributed by atoms with Crippen LogP contribution in [0.2, 0.25) is 0 Å². The summed E-state index contributed by atoms with van der Waals surface area (Å²) in [6.45, 7) is 4.39. The lowest BCUT2D eigenvalue weighted by molar-refractivity contribution is -0.119. The summed E-state index contributed by atoms with van der Waals surface area (Å²) in [5.74, 6) is 1.19. The van der Waals surface area contributed by atoms with E-state index in [1.165, 1.54) is 17.3 Å². The van der Waals surface area contributed by atoms with Gasteiger partial charge in [-0.3, -0.25) is 4.79 Å². The highest BCUT2D eigenvalue weighted by atomic mass is 32.2. The van der Waals surface area contributed by atoms with Crippen LogP contribution >= 0.6 is 11.8 Å². The highest BCUT2D eigenvalue weighted by Crippen LogP contribution is 2.21. The maximum atomic E-state index is 12.5. The Morgan fingerprint density at radius 1 is 1.12 bits per heavy atom. The molecule has 1 amide bonds. The molecule has 7 nitrogen and oxygen atoms in total. The zero-order valence-electron chi connectivity index (χ0n) is 18.1. The molecule has 32 heavy (non-hydrogen) atoms. The van der Waals surface area contributed by atoms with Gasteiger partial charge >= 0.3 is 0 Å². The first-order chi connectivity index (χ1) is 15.6. The Balaban J connectivity index is 1.25. The van der Waals surface area contributed by atoms with Crippen LogP contribution in [0.5, 0.6) is 0 Å². The fraction of sp³-hybridized carbons (Fsp3) is 0.333. The number of aromatic nitrogens is 3. The van der Waals surface area contributed by atoms with Gasteiger partial charge in [-0.25, -0.2) is 0 Å². The van der Waals surface area contributed by atoms with Gasteiger partial charge in [0.25, 0.3) is 0 Å². The molecule has 4 rings (SSSR count). The molecule has 1 fully saturated rings. The van der Waals surface area contributed by atoms with Crippen molar-refractivity contribution in [2.45, 2.75) is 37.5 Å². The second-order valence-corrected chi connectivity index (χ2v) is 8.82. The molecular formula is C24H26N6OS. The van der Waals surface area contributed by atoms with Crippen molar-refractivity contribution in [3.05, 3.63) is 71.5 Å². The Labute approximate surface area is 192 Å². The second kappa shape index (κ2) is 10.3. The summed E-state index contributed by atoms with van der Waals surface area (Å²) >= 11 is 1.43. The predicted octanol–water partition coefficient (Wildman–Crippen LogP) is 3.38. The number of hydrogen-bond acceptors (Lipinski definition) is 6. The number of thioether (sulfide) groups is 1. The first-order valence-electron chi connectivity index (χ1n) is 10.7. The van der Waals surface area contributed by atoms with Crippen LogP contribution in [0.25, 0.3) is 0 Å². The molecule has 0 radical (unpaired) electrons. The summed E-state index contributed by atoms with van der Waals surface area (Å²) in [7, 11) is 0. The molecule has 164 valence electrons. The Kier molecular flexibility index (Phi) is 7.07. The van der Waals surface area contributed by atoms with Gasteiger partial charge in [0.2, 0.25) is 5.91 Å². The second-order valence-electron chi connectivity index (χ2n) is 7.88. The largest absolute Gasteiger partial charge is 0.371 e. The number of benzene rings is 2. The van der Waals surface area contributed by atoms with E-state index in [9.17, 15) is 4.79 Å². The van der Waals surface area contributed by atoms with Gasteiger partial charge in [0.15, 0.2) is 5.16 Å². The van der Waals surface area contributed by atoms with E-state index in [2.05, 4.69) is 38.6 Å². The number of hydrogen-bond donors (Lipinski definition) is 1. The van der Waals surface area contributed by atoms with E-state index in [1.807, 2.05) is 54.0 Å². The van der Waals surface area contributed by atoms with Gasteiger partial charge in [-0.2, -0.15) is 5.26 Å². The maximum Gasteiger partial charge on any atom is 0.230 e. The smallest absolute Gasteiger partial charge is 0.230 e. The Morgan fingerprint density at radius 2 is 1.84 bits per heavy atom. The van der Waals surface area contributed by atoms with Gasteiger partial charge in [-0.05, 0) is 49.6 Å². The number of rotatable bonds is 7. The summed E-state index contributed by atoms with van der Waals surface area (Å²) < 4.78 is 2.04. The van der Waals surface area contributed by atoms with Crippen LogP contribution in [0.3, 0.4) is 0 Å². The van der Waals surface area contributed by atoms with Crippen molar-refractivity contribution in [3.8, 4) is 6.07 Å². The summed E-state index contributed by atoms with van der Waals surface area (Å²) in [5, 5.41) is 21.3. The highest BCUT2D eigenvalue weighted by molar-refractivity contribution is 7.99. The van der Waals surface area contributed by atoms with E-state index in [0.717, 1.165) is 42.6 Å². The minimum atomic E-state index is 0.0266. The van der Waals surface area contributed by atoms with E-state index in [0.29, 0.717) is 17.9 Å². The van der Waals surface area contributed by atoms with Crippen LogP contribution in [0.1, 0.15) is 29.8 Å². The predicted molar refractivity (Wildman–Crippen MR) is 126 cm³/mol. The number of piperidine rings is 1. The molecule has 2 aromatic carbocycles. The van der Waals surface area contributed by atoms with Crippen LogP contribution in [0, 0.1) is 18.3 Å². The maximum absolute atomic E-state index is 12.5. The van der Waals surface area contributed by atoms with E-state index >= 15 is 0 Å². The molecule has 0 unspecified atom stereocenters. The molecule has 2 heterocycles. The number of nitrogens with one attached hydrogen (secondary N) is 1. The zero-order valence-corrected chi connectivity index (χ0v) is 18.9. The van der Waals surface area contributed by atoms with E-state index in [4.69, 9.17) is 5.26 Å². The van der Waals surface area contributed by atoms with Crippen molar-refractivity contribution in [3.63, 3.8) is 0 Å². The zero-order chi connectivity index (χ0) is 22.3. The molecule has 1 aromatic heterocycles. The number of nitrogens with zero attached hydrogens (tertiary/aromatic N) is 5. The van der Waals surface area contributed by atoms with Crippen LogP contribution in [-0.4, -0.2) is 45.6 Å². The highest BCUT2D eigenvalue weighted by Gasteiger charge is 2.21. The summed E-state index contributed by atoms with van der Waals surface area (Å²) in [6, 6.07) is 20.2. The number of carbonyl (C=O) groups is 1. The van der Waals surface area contributed by atoms with Crippen molar-refractivity contribution in [1.29, 1.82) is 5.26 Å². The van der Waals surface area contributed by atoms with Gasteiger partial charge in [0, 0.05) is 24.8 Å². The minimum Gasteiger partial charge on any atom is -0.371 e. The molecule has 3 aromatic rings. The number of amides is 1. The lowest BCUT2D eigenvalue weighted by Gasteiger charge is -2.34. The Hall–Kier alpha value is -3.31. The molecule has 1 aliphatic heterocycles. The van der Waals surface area contributed by atoms with Gasteiger partial charge in [0.1, 0.15) is 5.82 Å². The van der Waals surface area contributed by atoms with Crippen molar-refractivity contribution in [2.75, 3.05) is 23.7 Å². The number of aryl methyl sites for hydroxylation is 1. The molecular weight excluding hydrogens is 420 g/mol. The third-order valence-electron chi connectivity index (χ3n) is 5.64. The molecule has 1 saturated heterocycles. The first kappa shape index (κ1) is 21.9. The topological polar surface area (TPSA) is 86.8 Å². The lowest BCUT2D eigenvalue weighted by atomic mass is 10.0. The quantitative estimate of drug-likeness (QED) is 0.560. The Bertz CT molecular complexity index is 1080. The van der Waals surface area contributed by atoms with Crippen LogP contribution in [0.4, 0.5) is 5.69 Å². The first-order valence-corrected chi connectivity index (χ1v) is 11.7. The van der Waals surface area contributed by atoms with Gasteiger partial charge < -0.3 is 14.8 Å². The molecule has 0 spiro atoms.